The Bertz CT molecular complexity index is 636. The smallest absolute Gasteiger partial charge is 0.479 e. The summed E-state index contributed by atoms with van der Waals surface area (Å²) in [4.78, 5) is 10.6. The van der Waals surface area contributed by atoms with Crippen LogP contribution in [-0.2, 0) is 21.3 Å². The minimum absolute atomic E-state index is 0.0303. The first-order chi connectivity index (χ1) is 9.35. The average molecular weight is 330 g/mol. The highest BCUT2D eigenvalue weighted by Crippen LogP contribution is 2.28. The molecule has 21 heavy (non-hydrogen) atoms. The van der Waals surface area contributed by atoms with Crippen molar-refractivity contribution in [3.63, 3.8) is 0 Å². The second kappa shape index (κ2) is 5.51. The van der Waals surface area contributed by atoms with Crippen LogP contribution in [0.4, 0.5) is 17.6 Å². The first-order valence-corrected chi connectivity index (χ1v) is 6.78. The number of benzene rings is 1. The third-order valence-corrected chi connectivity index (χ3v) is 3.35. The maximum Gasteiger partial charge on any atom is 0.534 e. The predicted octanol–water partition coefficient (Wildman–Crippen LogP) is 2.27. The van der Waals surface area contributed by atoms with E-state index in [4.69, 9.17) is 5.11 Å². The summed E-state index contributed by atoms with van der Waals surface area (Å²) in [6.45, 7) is 0.773. The van der Waals surface area contributed by atoms with E-state index in [1.54, 1.807) is 0 Å². The van der Waals surface area contributed by atoms with Gasteiger partial charge in [-0.3, -0.25) is 0 Å². The van der Waals surface area contributed by atoms with Gasteiger partial charge in [0.2, 0.25) is 5.67 Å². The zero-order valence-corrected chi connectivity index (χ0v) is 11.3. The topological polar surface area (TPSA) is 80.7 Å². The fourth-order valence-electron chi connectivity index (χ4n) is 1.34. The van der Waals surface area contributed by atoms with Crippen molar-refractivity contribution in [3.05, 3.63) is 29.8 Å². The molecule has 0 saturated carbocycles. The number of aliphatic carboxylic acids is 1. The lowest BCUT2D eigenvalue weighted by molar-refractivity contribution is -0.149. The van der Waals surface area contributed by atoms with Gasteiger partial charge in [-0.25, -0.2) is 9.18 Å². The van der Waals surface area contributed by atoms with Crippen LogP contribution in [-0.4, -0.2) is 30.7 Å². The van der Waals surface area contributed by atoms with Crippen LogP contribution in [0.1, 0.15) is 12.5 Å². The molecule has 118 valence electrons. The van der Waals surface area contributed by atoms with Gasteiger partial charge in [0.25, 0.3) is 0 Å². The van der Waals surface area contributed by atoms with Crippen molar-refractivity contribution >= 4 is 16.1 Å². The van der Waals surface area contributed by atoms with Crippen LogP contribution < -0.4 is 4.18 Å². The standard InChI is InChI=1S/C11H10F4O5S/c1-10(12,9(16)17)6-7-3-2-4-8(5-7)20-21(18,19)11(13,14)15/h2-5H,6H2,1H3,(H,16,17). The quantitative estimate of drug-likeness (QED) is 0.509. The maximum absolute atomic E-state index is 13.6. The Morgan fingerprint density at radius 3 is 2.33 bits per heavy atom. The van der Waals surface area contributed by atoms with Crippen LogP contribution in [0.15, 0.2) is 24.3 Å². The van der Waals surface area contributed by atoms with Crippen molar-refractivity contribution in [2.45, 2.75) is 24.5 Å². The van der Waals surface area contributed by atoms with Gasteiger partial charge in [-0.1, -0.05) is 12.1 Å². The number of halogens is 4. The largest absolute Gasteiger partial charge is 0.534 e. The molecular weight excluding hydrogens is 320 g/mol. The molecule has 1 aromatic rings. The zero-order valence-electron chi connectivity index (χ0n) is 10.5. The minimum Gasteiger partial charge on any atom is -0.479 e. The molecule has 0 bridgehead atoms. The Hall–Kier alpha value is -1.84. The average Bonchev–Trinajstić information content (AvgIpc) is 2.26. The summed E-state index contributed by atoms with van der Waals surface area (Å²) in [7, 11) is -5.84. The number of carboxylic acid groups (broad SMARTS) is 1. The molecule has 10 heteroatoms. The summed E-state index contributed by atoms with van der Waals surface area (Å²) in [5.74, 6) is -2.44. The Balaban J connectivity index is 3.00. The van der Waals surface area contributed by atoms with Gasteiger partial charge >= 0.3 is 21.6 Å². The van der Waals surface area contributed by atoms with E-state index in [9.17, 15) is 30.8 Å². The van der Waals surface area contributed by atoms with Gasteiger partial charge in [0, 0.05) is 6.42 Å². The third-order valence-electron chi connectivity index (χ3n) is 2.37. The van der Waals surface area contributed by atoms with Gasteiger partial charge in [0.05, 0.1) is 0 Å². The third kappa shape index (κ3) is 4.31. The monoisotopic (exact) mass is 330 g/mol. The van der Waals surface area contributed by atoms with Gasteiger partial charge in [0.1, 0.15) is 5.75 Å². The van der Waals surface area contributed by atoms with Gasteiger partial charge < -0.3 is 9.29 Å². The van der Waals surface area contributed by atoms with Gasteiger partial charge in [-0.15, -0.1) is 0 Å². The van der Waals surface area contributed by atoms with Gasteiger partial charge in [-0.05, 0) is 24.6 Å². The summed E-state index contributed by atoms with van der Waals surface area (Å²) in [6, 6.07) is 4.09. The van der Waals surface area contributed by atoms with Crippen LogP contribution in [0, 0.1) is 0 Å². The van der Waals surface area contributed by atoms with Crippen molar-refractivity contribution in [3.8, 4) is 5.75 Å². The first-order valence-electron chi connectivity index (χ1n) is 5.37. The molecule has 0 heterocycles. The van der Waals surface area contributed by atoms with E-state index in [-0.39, 0.29) is 5.56 Å². The molecule has 0 amide bonds. The Morgan fingerprint density at radius 2 is 1.86 bits per heavy atom. The van der Waals surface area contributed by atoms with Gasteiger partial charge in [0.15, 0.2) is 0 Å². The number of hydrogen-bond acceptors (Lipinski definition) is 4. The summed E-state index contributed by atoms with van der Waals surface area (Å²) in [6.07, 6.45) is -0.661. The summed E-state index contributed by atoms with van der Waals surface area (Å²) >= 11 is 0. The fraction of sp³-hybridized carbons (Fsp3) is 0.364. The summed E-state index contributed by atoms with van der Waals surface area (Å²) < 4.78 is 75.5. The Morgan fingerprint density at radius 1 is 1.29 bits per heavy atom. The van der Waals surface area contributed by atoms with Crippen LogP contribution >= 0.6 is 0 Å². The van der Waals surface area contributed by atoms with E-state index in [1.807, 2.05) is 0 Å². The van der Waals surface area contributed by atoms with E-state index in [0.717, 1.165) is 25.1 Å². The van der Waals surface area contributed by atoms with Crippen LogP contribution in [0.2, 0.25) is 0 Å². The molecule has 5 nitrogen and oxygen atoms in total. The molecule has 1 aromatic carbocycles. The molecule has 1 N–H and O–H groups in total. The number of hydrogen-bond donors (Lipinski definition) is 1. The minimum atomic E-state index is -5.84. The molecule has 1 unspecified atom stereocenters. The maximum atomic E-state index is 13.6. The molecule has 0 aromatic heterocycles. The highest BCUT2D eigenvalue weighted by molar-refractivity contribution is 7.87. The number of carboxylic acids is 1. The lowest BCUT2D eigenvalue weighted by atomic mass is 9.98. The Labute approximate surface area is 117 Å². The van der Waals surface area contributed by atoms with E-state index < -0.39 is 39.4 Å². The number of carbonyl (C=O) groups is 1. The zero-order chi connectivity index (χ0) is 16.5. The second-order valence-corrected chi connectivity index (χ2v) is 5.85. The van der Waals surface area contributed by atoms with Crippen molar-refractivity contribution in [2.24, 2.45) is 0 Å². The highest BCUT2D eigenvalue weighted by atomic mass is 32.2. The molecule has 1 rings (SSSR count). The lowest BCUT2D eigenvalue weighted by Gasteiger charge is -2.15. The van der Waals surface area contributed by atoms with Crippen LogP contribution in [0.3, 0.4) is 0 Å². The molecule has 0 saturated heterocycles. The molecule has 0 spiro atoms. The van der Waals surface area contributed by atoms with Crippen molar-refractivity contribution in [2.75, 3.05) is 0 Å². The number of alkyl halides is 4. The van der Waals surface area contributed by atoms with Crippen LogP contribution in [0.25, 0.3) is 0 Å². The molecule has 0 aliphatic rings. The van der Waals surface area contributed by atoms with E-state index in [0.29, 0.717) is 0 Å². The summed E-state index contributed by atoms with van der Waals surface area (Å²) in [5.41, 5.74) is -8.28. The highest BCUT2D eigenvalue weighted by Gasteiger charge is 2.48. The molecule has 0 aliphatic heterocycles. The van der Waals surface area contributed by atoms with Crippen molar-refractivity contribution < 1.29 is 40.1 Å². The summed E-state index contributed by atoms with van der Waals surface area (Å²) in [5, 5.41) is 8.61. The van der Waals surface area contributed by atoms with Gasteiger partial charge in [-0.2, -0.15) is 21.6 Å². The SMILES string of the molecule is CC(F)(Cc1cccc(OS(=O)(=O)C(F)(F)F)c1)C(=O)O. The second-order valence-electron chi connectivity index (χ2n) is 4.31. The fourth-order valence-corrected chi connectivity index (χ4v) is 1.79. The van der Waals surface area contributed by atoms with E-state index >= 15 is 0 Å². The molecule has 0 radical (unpaired) electrons. The van der Waals surface area contributed by atoms with Crippen LogP contribution in [0.5, 0.6) is 5.75 Å². The predicted molar refractivity (Wildman–Crippen MR) is 62.9 cm³/mol. The molecule has 0 fully saturated rings. The normalized spacial score (nSPS) is 15.3. The Kier molecular flexibility index (Phi) is 4.51. The molecule has 1 atom stereocenters. The van der Waals surface area contributed by atoms with E-state index in [2.05, 4.69) is 4.18 Å². The number of rotatable bonds is 5. The first kappa shape index (κ1) is 17.2. The van der Waals surface area contributed by atoms with Crippen molar-refractivity contribution in [1.82, 2.24) is 0 Å². The molecular formula is C11H10F4O5S. The molecule has 0 aliphatic carbocycles. The van der Waals surface area contributed by atoms with E-state index in [1.165, 1.54) is 6.07 Å². The lowest BCUT2D eigenvalue weighted by Crippen LogP contribution is -2.32. The van der Waals surface area contributed by atoms with Crippen molar-refractivity contribution in [1.29, 1.82) is 0 Å².